The summed E-state index contributed by atoms with van der Waals surface area (Å²) in [6, 6.07) is 8.65. The lowest BCUT2D eigenvalue weighted by Gasteiger charge is -2.09. The van der Waals surface area contributed by atoms with Crippen molar-refractivity contribution in [2.75, 3.05) is 0 Å². The highest BCUT2D eigenvalue weighted by atomic mass is 35.5. The zero-order valence-corrected chi connectivity index (χ0v) is 12.6. The fraction of sp³-hybridized carbons (Fsp3) is 0.0714. The molecule has 0 saturated carbocycles. The number of aldehydes is 1. The van der Waals surface area contributed by atoms with Crippen molar-refractivity contribution < 1.29 is 4.79 Å². The van der Waals surface area contributed by atoms with Crippen molar-refractivity contribution >= 4 is 52.7 Å². The van der Waals surface area contributed by atoms with E-state index < -0.39 is 0 Å². The van der Waals surface area contributed by atoms with Crippen LogP contribution < -0.4 is 0 Å². The SMILES string of the molecule is O=CCc1cc(-c2cc(Cl)cc(Cl)c2Cl)ccc1Cl. The van der Waals surface area contributed by atoms with E-state index in [1.54, 1.807) is 18.2 Å². The van der Waals surface area contributed by atoms with Crippen LogP contribution in [0.1, 0.15) is 5.56 Å². The molecule has 0 aliphatic carbocycles. The Labute approximate surface area is 131 Å². The minimum Gasteiger partial charge on any atom is -0.303 e. The van der Waals surface area contributed by atoms with Gasteiger partial charge in [0.25, 0.3) is 0 Å². The van der Waals surface area contributed by atoms with Crippen LogP contribution in [0.3, 0.4) is 0 Å². The van der Waals surface area contributed by atoms with Crippen LogP contribution in [0, 0.1) is 0 Å². The highest BCUT2D eigenvalue weighted by Gasteiger charge is 2.11. The molecule has 2 rings (SSSR count). The second-order valence-corrected chi connectivity index (χ2v) is 5.55. The number of carbonyl (C=O) groups excluding carboxylic acids is 1. The van der Waals surface area contributed by atoms with Gasteiger partial charge in [0.15, 0.2) is 0 Å². The summed E-state index contributed by atoms with van der Waals surface area (Å²) in [5, 5.41) is 1.85. The van der Waals surface area contributed by atoms with Gasteiger partial charge in [-0.25, -0.2) is 0 Å². The number of carbonyl (C=O) groups is 1. The van der Waals surface area contributed by atoms with Gasteiger partial charge in [0.2, 0.25) is 0 Å². The molecule has 5 heteroatoms. The summed E-state index contributed by atoms with van der Waals surface area (Å²) in [6.45, 7) is 0. The molecule has 0 heterocycles. The molecule has 0 spiro atoms. The van der Waals surface area contributed by atoms with Gasteiger partial charge in [-0.05, 0) is 35.4 Å². The van der Waals surface area contributed by atoms with E-state index in [4.69, 9.17) is 46.4 Å². The van der Waals surface area contributed by atoms with E-state index in [0.717, 1.165) is 17.4 Å². The van der Waals surface area contributed by atoms with Gasteiger partial charge in [0.1, 0.15) is 6.29 Å². The van der Waals surface area contributed by atoms with Crippen LogP contribution in [0.2, 0.25) is 20.1 Å². The number of benzene rings is 2. The Morgan fingerprint density at radius 3 is 2.37 bits per heavy atom. The summed E-state index contributed by atoms with van der Waals surface area (Å²) in [5.41, 5.74) is 2.26. The maximum Gasteiger partial charge on any atom is 0.124 e. The first-order valence-corrected chi connectivity index (χ1v) is 6.91. The largest absolute Gasteiger partial charge is 0.303 e. The van der Waals surface area contributed by atoms with Crippen molar-refractivity contribution in [2.24, 2.45) is 0 Å². The maximum atomic E-state index is 10.6. The first-order chi connectivity index (χ1) is 9.02. The molecule has 0 N–H and O–H groups in total. The van der Waals surface area contributed by atoms with E-state index in [1.807, 2.05) is 12.1 Å². The summed E-state index contributed by atoms with van der Waals surface area (Å²) < 4.78 is 0. The molecule has 0 aliphatic heterocycles. The fourth-order valence-electron chi connectivity index (χ4n) is 1.75. The van der Waals surface area contributed by atoms with Crippen molar-refractivity contribution in [3.63, 3.8) is 0 Å². The molecule has 0 bridgehead atoms. The molecule has 0 atom stereocenters. The van der Waals surface area contributed by atoms with Gasteiger partial charge in [-0.1, -0.05) is 52.5 Å². The topological polar surface area (TPSA) is 17.1 Å². The van der Waals surface area contributed by atoms with E-state index in [-0.39, 0.29) is 6.42 Å². The Hall–Kier alpha value is -0.730. The summed E-state index contributed by atoms with van der Waals surface area (Å²) >= 11 is 24.2. The Balaban J connectivity index is 2.59. The predicted molar refractivity (Wildman–Crippen MR) is 81.7 cm³/mol. The molecule has 2 aromatic rings. The van der Waals surface area contributed by atoms with Gasteiger partial charge >= 0.3 is 0 Å². The lowest BCUT2D eigenvalue weighted by molar-refractivity contribution is -0.107. The highest BCUT2D eigenvalue weighted by molar-refractivity contribution is 6.45. The van der Waals surface area contributed by atoms with Crippen LogP contribution in [0.4, 0.5) is 0 Å². The lowest BCUT2D eigenvalue weighted by Crippen LogP contribution is -1.90. The van der Waals surface area contributed by atoms with Gasteiger partial charge in [-0.3, -0.25) is 0 Å². The van der Waals surface area contributed by atoms with Gasteiger partial charge in [0, 0.05) is 22.0 Å². The summed E-state index contributed by atoms with van der Waals surface area (Å²) in [4.78, 5) is 10.6. The van der Waals surface area contributed by atoms with E-state index >= 15 is 0 Å². The smallest absolute Gasteiger partial charge is 0.124 e. The normalized spacial score (nSPS) is 10.5. The second-order valence-electron chi connectivity index (χ2n) is 3.93. The first-order valence-electron chi connectivity index (χ1n) is 5.40. The number of rotatable bonds is 3. The third kappa shape index (κ3) is 3.24. The average Bonchev–Trinajstić information content (AvgIpc) is 2.37. The predicted octanol–water partition coefficient (Wildman–Crippen LogP) is 5.71. The number of hydrogen-bond acceptors (Lipinski definition) is 1. The molecule has 0 radical (unpaired) electrons. The standard InChI is InChI=1S/C14H8Cl4O/c15-10-6-11(14(18)13(17)7-10)8-1-2-12(16)9(5-8)3-4-19/h1-2,4-7H,3H2. The molecular formula is C14H8Cl4O. The molecule has 0 unspecified atom stereocenters. The third-order valence-corrected chi connectivity index (χ3v) is 4.04. The van der Waals surface area contributed by atoms with Crippen molar-refractivity contribution in [1.29, 1.82) is 0 Å². The molecule has 1 nitrogen and oxygen atoms in total. The quantitative estimate of drug-likeness (QED) is 0.519. The molecule has 0 amide bonds. The van der Waals surface area contributed by atoms with Gasteiger partial charge < -0.3 is 4.79 Å². The number of halogens is 4. The maximum absolute atomic E-state index is 10.6. The van der Waals surface area contributed by atoms with Gasteiger partial charge in [-0.15, -0.1) is 0 Å². The van der Waals surface area contributed by atoms with Crippen LogP contribution >= 0.6 is 46.4 Å². The molecule has 0 aliphatic rings. The highest BCUT2D eigenvalue weighted by Crippen LogP contribution is 2.37. The van der Waals surface area contributed by atoms with Crippen molar-refractivity contribution in [2.45, 2.75) is 6.42 Å². The van der Waals surface area contributed by atoms with Crippen LogP contribution in [-0.4, -0.2) is 6.29 Å². The van der Waals surface area contributed by atoms with Gasteiger partial charge in [0.05, 0.1) is 10.0 Å². The van der Waals surface area contributed by atoms with Crippen molar-refractivity contribution in [1.82, 2.24) is 0 Å². The minimum absolute atomic E-state index is 0.249. The van der Waals surface area contributed by atoms with Crippen LogP contribution in [-0.2, 0) is 11.2 Å². The average molecular weight is 334 g/mol. The van der Waals surface area contributed by atoms with Crippen LogP contribution in [0.15, 0.2) is 30.3 Å². The minimum atomic E-state index is 0.249. The van der Waals surface area contributed by atoms with E-state index in [9.17, 15) is 4.79 Å². The van der Waals surface area contributed by atoms with Crippen LogP contribution in [0.5, 0.6) is 0 Å². The van der Waals surface area contributed by atoms with E-state index in [2.05, 4.69) is 0 Å². The molecule has 0 aromatic heterocycles. The molecular weight excluding hydrogens is 326 g/mol. The van der Waals surface area contributed by atoms with E-state index in [0.29, 0.717) is 25.7 Å². The zero-order chi connectivity index (χ0) is 14.0. The third-order valence-electron chi connectivity index (χ3n) is 2.65. The molecule has 0 saturated heterocycles. The summed E-state index contributed by atoms with van der Waals surface area (Å²) in [6.07, 6.45) is 1.05. The van der Waals surface area contributed by atoms with Crippen molar-refractivity contribution in [3.8, 4) is 11.1 Å². The summed E-state index contributed by atoms with van der Waals surface area (Å²) in [7, 11) is 0. The Kier molecular flexibility index (Phi) is 4.75. The lowest BCUT2D eigenvalue weighted by atomic mass is 10.0. The fourth-order valence-corrected chi connectivity index (χ4v) is 2.66. The molecule has 0 fully saturated rings. The number of hydrogen-bond donors (Lipinski definition) is 0. The van der Waals surface area contributed by atoms with Crippen LogP contribution in [0.25, 0.3) is 11.1 Å². The van der Waals surface area contributed by atoms with Crippen molar-refractivity contribution in [3.05, 3.63) is 56.0 Å². The summed E-state index contributed by atoms with van der Waals surface area (Å²) in [5.74, 6) is 0. The second kappa shape index (κ2) is 6.15. The van der Waals surface area contributed by atoms with E-state index in [1.165, 1.54) is 0 Å². The first kappa shape index (κ1) is 14.7. The Morgan fingerprint density at radius 1 is 0.947 bits per heavy atom. The molecule has 19 heavy (non-hydrogen) atoms. The molecule has 98 valence electrons. The zero-order valence-electron chi connectivity index (χ0n) is 9.59. The Bertz CT molecular complexity index is 638. The Morgan fingerprint density at radius 2 is 1.68 bits per heavy atom. The molecule has 2 aromatic carbocycles. The van der Waals surface area contributed by atoms with Gasteiger partial charge in [-0.2, -0.15) is 0 Å². The monoisotopic (exact) mass is 332 g/mol.